The Bertz CT molecular complexity index is 2710. The molecular weight excluding hydrogens is 1170 g/mol. The van der Waals surface area contributed by atoms with Crippen LogP contribution in [0.3, 0.4) is 0 Å². The third-order valence-corrected chi connectivity index (χ3v) is 15.4. The van der Waals surface area contributed by atoms with Crippen LogP contribution in [0.1, 0.15) is 95.1 Å². The molecule has 2 heterocycles. The zero-order valence-electron chi connectivity index (χ0n) is 48.6. The number of phenols is 1. The molecular formula is C56H85N15O14S2. The van der Waals surface area contributed by atoms with Crippen molar-refractivity contribution < 1.29 is 68.1 Å². The number of primary amides is 1. The molecule has 29 nitrogen and oxygen atoms in total. The Labute approximate surface area is 515 Å². The zero-order valence-corrected chi connectivity index (χ0v) is 50.4. The lowest BCUT2D eigenvalue weighted by molar-refractivity contribution is -0.148. The van der Waals surface area contributed by atoms with Crippen LogP contribution >= 0.6 is 25.3 Å². The third kappa shape index (κ3) is 23.1. The van der Waals surface area contributed by atoms with Gasteiger partial charge in [0.05, 0.1) is 12.1 Å². The number of rotatable bonds is 36. The van der Waals surface area contributed by atoms with Crippen LogP contribution in [0.15, 0.2) is 59.6 Å². The summed E-state index contributed by atoms with van der Waals surface area (Å²) < 4.78 is 0. The molecule has 480 valence electrons. The summed E-state index contributed by atoms with van der Waals surface area (Å²) in [6.45, 7) is 1.77. The molecule has 4 rings (SSSR count). The molecule has 0 aromatic heterocycles. The molecule has 11 atom stereocenters. The Balaban J connectivity index is 1.64. The van der Waals surface area contributed by atoms with E-state index in [9.17, 15) is 63.3 Å². The number of carbonyl (C=O) groups is 11. The van der Waals surface area contributed by atoms with Crippen LogP contribution in [0.4, 0.5) is 0 Å². The van der Waals surface area contributed by atoms with Gasteiger partial charge in [-0.3, -0.25) is 52.9 Å². The van der Waals surface area contributed by atoms with E-state index in [0.717, 1.165) is 4.90 Å². The minimum atomic E-state index is -1.56. The fourth-order valence-electron chi connectivity index (χ4n) is 9.94. The first kappa shape index (κ1) is 71.7. The molecule has 87 heavy (non-hydrogen) atoms. The Hall–Kier alpha value is -7.74. The zero-order chi connectivity index (χ0) is 64.3. The predicted molar refractivity (Wildman–Crippen MR) is 326 cm³/mol. The number of phenolic OH excluding ortho intramolecular Hbond substituents is 1. The first-order chi connectivity index (χ1) is 41.4. The van der Waals surface area contributed by atoms with E-state index in [-0.39, 0.29) is 107 Å². The molecule has 0 radical (unpaired) electrons. The molecule has 2 aromatic rings. The highest BCUT2D eigenvalue weighted by molar-refractivity contribution is 7.80. The van der Waals surface area contributed by atoms with Crippen molar-refractivity contribution >= 4 is 96.3 Å². The number of aliphatic hydroxyl groups is 1. The summed E-state index contributed by atoms with van der Waals surface area (Å²) in [4.78, 5) is 158. The number of nitrogens with one attached hydrogen (secondary N) is 7. The lowest BCUT2D eigenvalue weighted by Gasteiger charge is -2.33. The lowest BCUT2D eigenvalue weighted by Crippen LogP contribution is -2.61. The number of benzene rings is 2. The van der Waals surface area contributed by atoms with Gasteiger partial charge in [0.1, 0.15) is 60.1 Å². The van der Waals surface area contributed by atoms with Crippen molar-refractivity contribution in [1.82, 2.24) is 47.0 Å². The summed E-state index contributed by atoms with van der Waals surface area (Å²) in [5.74, 6) is -10.1. The van der Waals surface area contributed by atoms with E-state index in [4.69, 9.17) is 28.7 Å². The second-order valence-electron chi connectivity index (χ2n) is 21.4. The van der Waals surface area contributed by atoms with E-state index < -0.39 is 138 Å². The lowest BCUT2D eigenvalue weighted by atomic mass is 10.0. The predicted octanol–water partition coefficient (Wildman–Crippen LogP) is -3.96. The van der Waals surface area contributed by atoms with Crippen molar-refractivity contribution in [3.8, 4) is 5.75 Å². The van der Waals surface area contributed by atoms with Gasteiger partial charge in [0, 0.05) is 56.8 Å². The van der Waals surface area contributed by atoms with Crippen LogP contribution in [0.2, 0.25) is 0 Å². The fraction of sp³-hybridized carbons (Fsp3) is 0.571. The summed E-state index contributed by atoms with van der Waals surface area (Å²) in [6, 6.07) is 0.939. The summed E-state index contributed by atoms with van der Waals surface area (Å²) in [6.07, 6.45) is -0.693. The molecule has 2 saturated heterocycles. The van der Waals surface area contributed by atoms with Gasteiger partial charge in [0.25, 0.3) is 0 Å². The molecule has 2 aromatic carbocycles. The van der Waals surface area contributed by atoms with Crippen molar-refractivity contribution in [2.24, 2.45) is 33.7 Å². The van der Waals surface area contributed by atoms with Gasteiger partial charge < -0.3 is 91.0 Å². The second kappa shape index (κ2) is 36.4. The van der Waals surface area contributed by atoms with Crippen LogP contribution in [0.25, 0.3) is 0 Å². The minimum absolute atomic E-state index is 0.0198. The molecule has 10 amide bonds. The van der Waals surface area contributed by atoms with E-state index in [2.05, 4.69) is 67.5 Å². The smallest absolute Gasteiger partial charge is 0.327 e. The van der Waals surface area contributed by atoms with Crippen molar-refractivity contribution in [2.45, 2.75) is 163 Å². The van der Waals surface area contributed by atoms with Gasteiger partial charge in [-0.25, -0.2) is 4.79 Å². The first-order valence-corrected chi connectivity index (χ1v) is 30.1. The van der Waals surface area contributed by atoms with Crippen molar-refractivity contribution in [1.29, 1.82) is 0 Å². The Morgan fingerprint density at radius 2 is 1.16 bits per heavy atom. The van der Waals surface area contributed by atoms with Crippen LogP contribution in [0.5, 0.6) is 5.75 Å². The number of β-amino-alcohol motifs (C(OH)–C–C–N with tert-alkyl or cyclic N) is 1. The maximum atomic E-state index is 15.1. The molecule has 31 heteroatoms. The topological polar surface area (TPSA) is 482 Å². The number of aliphatic carboxylic acids is 1. The van der Waals surface area contributed by atoms with E-state index in [1.807, 2.05) is 0 Å². The second-order valence-corrected chi connectivity index (χ2v) is 22.1. The van der Waals surface area contributed by atoms with Gasteiger partial charge in [-0.1, -0.05) is 55.8 Å². The highest BCUT2D eigenvalue weighted by Crippen LogP contribution is 2.27. The molecule has 0 saturated carbocycles. The van der Waals surface area contributed by atoms with Crippen molar-refractivity contribution in [3.63, 3.8) is 0 Å². The molecule has 0 spiro atoms. The van der Waals surface area contributed by atoms with Crippen LogP contribution in [0, 0.1) is 0 Å². The summed E-state index contributed by atoms with van der Waals surface area (Å²) >= 11 is 8.06. The van der Waals surface area contributed by atoms with Crippen molar-refractivity contribution in [3.05, 3.63) is 65.7 Å². The fourth-order valence-corrected chi connectivity index (χ4v) is 10.3. The van der Waals surface area contributed by atoms with Gasteiger partial charge in [-0.15, -0.1) is 0 Å². The van der Waals surface area contributed by atoms with E-state index in [1.54, 1.807) is 37.3 Å². The van der Waals surface area contributed by atoms with Gasteiger partial charge in [0.2, 0.25) is 59.1 Å². The summed E-state index contributed by atoms with van der Waals surface area (Å²) in [7, 11) is 0. The molecule has 2 fully saturated rings. The highest BCUT2D eigenvalue weighted by atomic mass is 32.1. The number of amides is 10. The molecule has 20 N–H and O–H groups in total. The molecule has 0 bridgehead atoms. The number of thiol groups is 2. The number of aliphatic hydroxyl groups excluding tert-OH is 1. The minimum Gasteiger partial charge on any atom is -0.508 e. The first-order valence-electron chi connectivity index (χ1n) is 28.9. The van der Waals surface area contributed by atoms with Gasteiger partial charge >= 0.3 is 5.97 Å². The Morgan fingerprint density at radius 1 is 0.632 bits per heavy atom. The SMILES string of the molecule is CCC[C@H](NC(=O)[C@H](CCCCN)NC(=O)[C@@H]1C[C@@H](O)CN1C(=O)[C@@H]1CCCN1C(=O)[C@H](Cc1ccccc1)NC(=O)[C@H](Cc1ccc(O)cc1)NC(=O)[C@H](CCC(N)=O)NC(=O)[C@H](CCCN=C(N)N)NC(=O)[C@@H](N)CS)C(=O)N[C@@H](CS)C(=O)O. The third-order valence-electron chi connectivity index (χ3n) is 14.6. The maximum absolute atomic E-state index is 15.1. The normalized spacial score (nSPS) is 18.2. The van der Waals surface area contributed by atoms with E-state index in [0.29, 0.717) is 36.8 Å². The largest absolute Gasteiger partial charge is 0.508 e. The molecule has 0 unspecified atom stereocenters. The number of aromatic hydroxyl groups is 1. The van der Waals surface area contributed by atoms with E-state index >= 15 is 4.79 Å². The monoisotopic (exact) mass is 1260 g/mol. The van der Waals surface area contributed by atoms with Gasteiger partial charge in [-0.2, -0.15) is 25.3 Å². The number of nitrogens with two attached hydrogens (primary N) is 5. The summed E-state index contributed by atoms with van der Waals surface area (Å²) in [5, 5.41) is 48.8. The van der Waals surface area contributed by atoms with Gasteiger partial charge in [-0.05, 0) is 87.6 Å². The number of guanidine groups is 1. The van der Waals surface area contributed by atoms with Crippen LogP contribution in [-0.4, -0.2) is 200 Å². The number of hydrogen-bond acceptors (Lipinski definition) is 18. The maximum Gasteiger partial charge on any atom is 0.327 e. The number of unbranched alkanes of at least 4 members (excludes halogenated alkanes) is 1. The van der Waals surface area contributed by atoms with Crippen LogP contribution < -0.4 is 65.9 Å². The number of nitrogens with zero attached hydrogens (tertiary/aromatic N) is 3. The quantitative estimate of drug-likeness (QED) is 0.0134. The number of hydrogen-bond donors (Lipinski definition) is 17. The van der Waals surface area contributed by atoms with Gasteiger partial charge in [0.15, 0.2) is 5.96 Å². The molecule has 2 aliphatic rings. The average molecular weight is 1260 g/mol. The number of carboxylic acids is 1. The van der Waals surface area contributed by atoms with Crippen molar-refractivity contribution in [2.75, 3.05) is 37.7 Å². The Morgan fingerprint density at radius 3 is 1.74 bits per heavy atom. The number of carbonyl (C=O) groups excluding carboxylic acids is 10. The summed E-state index contributed by atoms with van der Waals surface area (Å²) in [5.41, 5.74) is 29.0. The molecule has 0 aliphatic carbocycles. The van der Waals surface area contributed by atoms with Crippen LogP contribution in [-0.2, 0) is 65.6 Å². The Kier molecular flexibility index (Phi) is 30.0. The standard InChI is InChI=1S/C56H85N15O14S2/c1-2-10-36(47(76)69-42(30-87)55(84)85)64-48(77)37(13-6-7-22-57)66-52(81)44-27-34(73)28-71(44)54(83)43-15-9-24-70(43)53(82)41(26-31-11-4-3-5-12-31)68-51(80)40(25-32-16-18-33(72)19-17-32)67-50(79)39(20-21-45(59)74)65-49(78)38(14-8-23-62-56(60)61)63-46(75)35(58)29-86/h3-5,11-12,16-19,34-44,72-73,86-87H,2,6-10,13-15,20-30,57-58H2,1H3,(H2,59,74)(H,63,75)(H,64,77)(H,65,78)(H,66,81)(H,67,79)(H,68,80)(H,69,76)(H,84,85)(H4,60,61,62)/t34-,35+,36+,37+,38+,39+,40+,41+,42+,43+,44+/m1/s1. The number of aliphatic imine (C=N–C) groups is 1. The highest BCUT2D eigenvalue weighted by Gasteiger charge is 2.47. The van der Waals surface area contributed by atoms with E-state index in [1.165, 1.54) is 29.2 Å². The average Bonchev–Trinajstić information content (AvgIpc) is 1.85. The number of likely N-dealkylation sites (tertiary alicyclic amines) is 2. The molecule has 2 aliphatic heterocycles. The number of carboxylic acid groups (broad SMARTS) is 1.